The van der Waals surface area contributed by atoms with Gasteiger partial charge in [0.05, 0.1) is 12.8 Å². The second-order valence-electron chi connectivity index (χ2n) is 6.78. The highest BCUT2D eigenvalue weighted by Gasteiger charge is 2.26. The van der Waals surface area contributed by atoms with Gasteiger partial charge in [-0.3, -0.25) is 9.89 Å². The molecule has 28 heavy (non-hydrogen) atoms. The van der Waals surface area contributed by atoms with Gasteiger partial charge >= 0.3 is 0 Å². The Morgan fingerprint density at radius 1 is 1.21 bits per heavy atom. The summed E-state index contributed by atoms with van der Waals surface area (Å²) in [7, 11) is 1.65. The van der Waals surface area contributed by atoms with E-state index in [1.54, 1.807) is 31.4 Å². The summed E-state index contributed by atoms with van der Waals surface area (Å²) in [5.41, 5.74) is 2.61. The number of hydrogen-bond donors (Lipinski definition) is 2. The molecule has 0 spiro atoms. The van der Waals surface area contributed by atoms with Gasteiger partial charge in [-0.1, -0.05) is 11.6 Å². The van der Waals surface area contributed by atoms with Crippen LogP contribution in [0.4, 0.5) is 5.82 Å². The van der Waals surface area contributed by atoms with Gasteiger partial charge in [0.2, 0.25) is 0 Å². The molecule has 1 saturated heterocycles. The Bertz CT molecular complexity index is 953. The van der Waals surface area contributed by atoms with Gasteiger partial charge in [-0.2, -0.15) is 5.10 Å². The zero-order chi connectivity index (χ0) is 19.5. The zero-order valence-corrected chi connectivity index (χ0v) is 16.2. The summed E-state index contributed by atoms with van der Waals surface area (Å²) in [5.74, 6) is 1.63. The smallest absolute Gasteiger partial charge is 0.251 e. The van der Waals surface area contributed by atoms with Crippen LogP contribution in [0.2, 0.25) is 5.02 Å². The molecule has 144 valence electrons. The molecule has 0 bridgehead atoms. The number of hydrogen-bond acceptors (Lipinski definition) is 4. The van der Waals surface area contributed by atoms with Crippen molar-refractivity contribution in [3.05, 3.63) is 65.2 Å². The molecular formula is C21H21ClN4O2. The molecule has 6 nitrogen and oxygen atoms in total. The molecule has 1 amide bonds. The molecule has 4 rings (SSSR count). The number of methoxy groups -OCH3 is 1. The van der Waals surface area contributed by atoms with Crippen molar-refractivity contribution in [1.82, 2.24) is 15.5 Å². The number of carbonyl (C=O) groups excluding carboxylic acids is 1. The van der Waals surface area contributed by atoms with Crippen LogP contribution in [0.25, 0.3) is 11.3 Å². The minimum atomic E-state index is -0.0792. The summed E-state index contributed by atoms with van der Waals surface area (Å²) in [6.45, 7) is 1.57. The van der Waals surface area contributed by atoms with Gasteiger partial charge in [-0.05, 0) is 60.5 Å². The predicted octanol–water partition coefficient (Wildman–Crippen LogP) is 3.75. The molecule has 0 aliphatic carbocycles. The van der Waals surface area contributed by atoms with E-state index in [2.05, 4.69) is 20.4 Å². The standard InChI is InChI=1S/C21H21ClN4O2/c1-28-18-8-4-14(5-9-18)19-12-20(25-24-19)26-11-10-17(13-26)23-21(27)15-2-6-16(22)7-3-15/h2-9,12,17H,10-11,13H2,1H3,(H,23,27)(H,24,25)/t17-/m0/s1. The maximum Gasteiger partial charge on any atom is 0.251 e. The fraction of sp³-hybridized carbons (Fsp3) is 0.238. The Kier molecular flexibility index (Phi) is 5.21. The van der Waals surface area contributed by atoms with Crippen LogP contribution in [0.3, 0.4) is 0 Å². The SMILES string of the molecule is COc1ccc(-c2cc(N3CC[C@H](NC(=O)c4ccc(Cl)cc4)C3)n[nH]2)cc1. The van der Waals surface area contributed by atoms with Gasteiger partial charge in [-0.15, -0.1) is 0 Å². The molecular weight excluding hydrogens is 376 g/mol. The van der Waals surface area contributed by atoms with E-state index in [-0.39, 0.29) is 11.9 Å². The van der Waals surface area contributed by atoms with E-state index < -0.39 is 0 Å². The van der Waals surface area contributed by atoms with Crippen molar-refractivity contribution in [2.24, 2.45) is 0 Å². The van der Waals surface area contributed by atoms with Crippen LogP contribution in [0.15, 0.2) is 54.6 Å². The lowest BCUT2D eigenvalue weighted by Crippen LogP contribution is -2.37. The first-order chi connectivity index (χ1) is 13.6. The summed E-state index contributed by atoms with van der Waals surface area (Å²) < 4.78 is 5.20. The van der Waals surface area contributed by atoms with Gasteiger partial charge in [0.1, 0.15) is 5.75 Å². The molecule has 2 N–H and O–H groups in total. The fourth-order valence-corrected chi connectivity index (χ4v) is 3.47. The summed E-state index contributed by atoms with van der Waals surface area (Å²) in [4.78, 5) is 14.6. The highest BCUT2D eigenvalue weighted by molar-refractivity contribution is 6.30. The van der Waals surface area contributed by atoms with Gasteiger partial charge in [0.15, 0.2) is 5.82 Å². The normalized spacial score (nSPS) is 16.2. The molecule has 0 saturated carbocycles. The van der Waals surface area contributed by atoms with Crippen molar-refractivity contribution in [3.8, 4) is 17.0 Å². The topological polar surface area (TPSA) is 70.2 Å². The fourth-order valence-electron chi connectivity index (χ4n) is 3.35. The van der Waals surface area contributed by atoms with Crippen molar-refractivity contribution in [3.63, 3.8) is 0 Å². The highest BCUT2D eigenvalue weighted by atomic mass is 35.5. The second kappa shape index (κ2) is 7.94. The Labute approximate surface area is 168 Å². The molecule has 1 fully saturated rings. The first kappa shape index (κ1) is 18.4. The van der Waals surface area contributed by atoms with E-state index in [0.29, 0.717) is 10.6 Å². The molecule has 1 aromatic heterocycles. The number of halogens is 1. The Morgan fingerprint density at radius 2 is 1.96 bits per heavy atom. The van der Waals surface area contributed by atoms with Crippen LogP contribution in [-0.4, -0.2) is 42.3 Å². The highest BCUT2D eigenvalue weighted by Crippen LogP contribution is 2.26. The third-order valence-electron chi connectivity index (χ3n) is 4.92. The van der Waals surface area contributed by atoms with E-state index in [1.807, 2.05) is 30.3 Å². The second-order valence-corrected chi connectivity index (χ2v) is 7.22. The van der Waals surface area contributed by atoms with Crippen molar-refractivity contribution < 1.29 is 9.53 Å². The van der Waals surface area contributed by atoms with E-state index in [4.69, 9.17) is 16.3 Å². The molecule has 1 aliphatic rings. The molecule has 3 aromatic rings. The summed E-state index contributed by atoms with van der Waals surface area (Å²) >= 11 is 5.88. The lowest BCUT2D eigenvalue weighted by molar-refractivity contribution is 0.0940. The number of nitrogens with zero attached hydrogens (tertiary/aromatic N) is 2. The van der Waals surface area contributed by atoms with Crippen LogP contribution >= 0.6 is 11.6 Å². The predicted molar refractivity (Wildman–Crippen MR) is 110 cm³/mol. The van der Waals surface area contributed by atoms with Gasteiger partial charge in [0, 0.05) is 35.8 Å². The van der Waals surface area contributed by atoms with Crippen molar-refractivity contribution in [1.29, 1.82) is 0 Å². The van der Waals surface area contributed by atoms with Crippen LogP contribution in [0, 0.1) is 0 Å². The van der Waals surface area contributed by atoms with Crippen molar-refractivity contribution in [2.45, 2.75) is 12.5 Å². The van der Waals surface area contributed by atoms with Crippen molar-refractivity contribution >= 4 is 23.3 Å². The Hall–Kier alpha value is -2.99. The molecule has 2 aromatic carbocycles. The quantitative estimate of drug-likeness (QED) is 0.689. The Balaban J connectivity index is 1.38. The lowest BCUT2D eigenvalue weighted by atomic mass is 10.1. The lowest BCUT2D eigenvalue weighted by Gasteiger charge is -2.16. The largest absolute Gasteiger partial charge is 0.497 e. The minimum absolute atomic E-state index is 0.0792. The summed E-state index contributed by atoms with van der Waals surface area (Å²) in [5, 5.41) is 11.2. The number of aromatic amines is 1. The number of H-pyrrole nitrogens is 1. The molecule has 7 heteroatoms. The van der Waals surface area contributed by atoms with E-state index in [9.17, 15) is 4.79 Å². The average Bonchev–Trinajstić information content (AvgIpc) is 3.38. The first-order valence-corrected chi connectivity index (χ1v) is 9.51. The van der Waals surface area contributed by atoms with Crippen LogP contribution in [-0.2, 0) is 0 Å². The third kappa shape index (κ3) is 3.97. The van der Waals surface area contributed by atoms with E-state index in [1.165, 1.54) is 0 Å². The third-order valence-corrected chi connectivity index (χ3v) is 5.17. The van der Waals surface area contributed by atoms with Gasteiger partial charge in [0.25, 0.3) is 5.91 Å². The molecule has 1 atom stereocenters. The number of aromatic nitrogens is 2. The number of ether oxygens (including phenoxy) is 1. The van der Waals surface area contributed by atoms with Crippen LogP contribution in [0.1, 0.15) is 16.8 Å². The number of benzene rings is 2. The van der Waals surface area contributed by atoms with Crippen LogP contribution < -0.4 is 15.0 Å². The van der Waals surface area contributed by atoms with E-state index in [0.717, 1.165) is 42.3 Å². The molecule has 2 heterocycles. The maximum absolute atomic E-state index is 12.4. The first-order valence-electron chi connectivity index (χ1n) is 9.13. The zero-order valence-electron chi connectivity index (χ0n) is 15.5. The number of anilines is 1. The number of nitrogens with one attached hydrogen (secondary N) is 2. The van der Waals surface area contributed by atoms with Crippen LogP contribution in [0.5, 0.6) is 5.75 Å². The molecule has 0 unspecified atom stereocenters. The number of rotatable bonds is 5. The Morgan fingerprint density at radius 3 is 2.68 bits per heavy atom. The number of carbonyl (C=O) groups is 1. The van der Waals surface area contributed by atoms with Gasteiger partial charge < -0.3 is 15.0 Å². The molecule has 0 radical (unpaired) electrons. The maximum atomic E-state index is 12.4. The molecule has 1 aliphatic heterocycles. The monoisotopic (exact) mass is 396 g/mol. The minimum Gasteiger partial charge on any atom is -0.497 e. The summed E-state index contributed by atoms with van der Waals surface area (Å²) in [6, 6.07) is 16.9. The average molecular weight is 397 g/mol. The van der Waals surface area contributed by atoms with Gasteiger partial charge in [-0.25, -0.2) is 0 Å². The summed E-state index contributed by atoms with van der Waals surface area (Å²) in [6.07, 6.45) is 0.879. The van der Waals surface area contributed by atoms with E-state index >= 15 is 0 Å². The number of amides is 1. The van der Waals surface area contributed by atoms with Crippen molar-refractivity contribution in [2.75, 3.05) is 25.1 Å².